The van der Waals surface area contributed by atoms with E-state index in [1.54, 1.807) is 13.2 Å². The van der Waals surface area contributed by atoms with E-state index in [-0.39, 0.29) is 5.82 Å². The molecule has 0 bridgehead atoms. The summed E-state index contributed by atoms with van der Waals surface area (Å²) in [5.74, 6) is 1.14. The van der Waals surface area contributed by atoms with E-state index in [0.717, 1.165) is 23.3 Å². The highest BCUT2D eigenvalue weighted by atomic mass is 32.1. The van der Waals surface area contributed by atoms with E-state index in [9.17, 15) is 4.39 Å². The van der Waals surface area contributed by atoms with Gasteiger partial charge < -0.3 is 24.2 Å². The molecule has 0 spiro atoms. The zero-order valence-corrected chi connectivity index (χ0v) is 20.2. The third-order valence-corrected chi connectivity index (χ3v) is 5.98. The van der Waals surface area contributed by atoms with Crippen molar-refractivity contribution >= 4 is 22.9 Å². The molecule has 1 aliphatic rings. The number of thiocarbonyl (C=S) groups is 1. The molecule has 0 radical (unpaired) electrons. The Balaban J connectivity index is 1.74. The number of nitrogens with zero attached hydrogens (tertiary/aromatic N) is 3. The van der Waals surface area contributed by atoms with E-state index >= 15 is 0 Å². The fourth-order valence-electron chi connectivity index (χ4n) is 3.95. The SMILES string of the molecule is CCOCCCN1C(=S)NC(c2cccc(F)c2)C(c2nc(-c3cccc(OC)c3)no2)=C1C. The third kappa shape index (κ3) is 5.10. The molecule has 2 heterocycles. The van der Waals surface area contributed by atoms with Gasteiger partial charge in [0.2, 0.25) is 5.82 Å². The predicted molar refractivity (Wildman–Crippen MR) is 132 cm³/mol. The monoisotopic (exact) mass is 482 g/mol. The molecule has 0 aliphatic carbocycles. The number of allylic oxidation sites excluding steroid dienone is 1. The van der Waals surface area contributed by atoms with Crippen LogP contribution in [0.1, 0.15) is 37.8 Å². The molecule has 1 unspecified atom stereocenters. The van der Waals surface area contributed by atoms with Crippen molar-refractivity contribution < 1.29 is 18.4 Å². The van der Waals surface area contributed by atoms with Crippen LogP contribution in [0.5, 0.6) is 5.75 Å². The quantitative estimate of drug-likeness (QED) is 0.338. The lowest BCUT2D eigenvalue weighted by Gasteiger charge is -2.37. The fourth-order valence-corrected chi connectivity index (χ4v) is 4.29. The number of hydrogen-bond acceptors (Lipinski definition) is 6. The third-order valence-electron chi connectivity index (χ3n) is 5.64. The summed E-state index contributed by atoms with van der Waals surface area (Å²) in [7, 11) is 1.61. The van der Waals surface area contributed by atoms with Crippen molar-refractivity contribution in [1.29, 1.82) is 0 Å². The molecule has 0 amide bonds. The van der Waals surface area contributed by atoms with Gasteiger partial charge >= 0.3 is 0 Å². The van der Waals surface area contributed by atoms with Crippen LogP contribution >= 0.6 is 12.2 Å². The number of hydrogen-bond donors (Lipinski definition) is 1. The number of halogens is 1. The van der Waals surface area contributed by atoms with Gasteiger partial charge in [-0.05, 0) is 62.3 Å². The van der Waals surface area contributed by atoms with Gasteiger partial charge in [-0.1, -0.05) is 29.4 Å². The van der Waals surface area contributed by atoms with Gasteiger partial charge in [0.15, 0.2) is 5.11 Å². The van der Waals surface area contributed by atoms with E-state index in [1.165, 1.54) is 12.1 Å². The van der Waals surface area contributed by atoms with Crippen LogP contribution in [-0.2, 0) is 4.74 Å². The molecule has 9 heteroatoms. The molecule has 1 atom stereocenters. The van der Waals surface area contributed by atoms with Gasteiger partial charge in [-0.15, -0.1) is 0 Å². The first-order chi connectivity index (χ1) is 16.5. The second-order valence-corrected chi connectivity index (χ2v) is 8.18. The minimum atomic E-state index is -0.440. The molecule has 1 aliphatic heterocycles. The molecule has 1 N–H and O–H groups in total. The van der Waals surface area contributed by atoms with Crippen LogP contribution in [0.15, 0.2) is 58.8 Å². The standard InChI is InChI=1S/C25H27FN4O3S/c1-4-32-13-7-12-30-16(2)21(22(27-25(30)34)17-8-5-10-19(26)14-17)24-28-23(29-33-24)18-9-6-11-20(15-18)31-3/h5-6,8-11,14-15,22H,4,7,12-13H2,1-3H3,(H,27,34). The summed E-state index contributed by atoms with van der Waals surface area (Å²) in [5.41, 5.74) is 3.10. The van der Waals surface area contributed by atoms with Crippen LogP contribution < -0.4 is 10.1 Å². The first-order valence-corrected chi connectivity index (χ1v) is 11.5. The Kier molecular flexibility index (Phi) is 7.54. The normalized spacial score (nSPS) is 16.1. The molecule has 3 aromatic rings. The minimum Gasteiger partial charge on any atom is -0.497 e. The zero-order chi connectivity index (χ0) is 24.1. The maximum absolute atomic E-state index is 14.1. The van der Waals surface area contributed by atoms with Crippen LogP contribution in [0.25, 0.3) is 17.0 Å². The summed E-state index contributed by atoms with van der Waals surface area (Å²) < 4.78 is 30.6. The summed E-state index contributed by atoms with van der Waals surface area (Å²) in [4.78, 5) is 6.67. The second kappa shape index (κ2) is 10.8. The van der Waals surface area contributed by atoms with Crippen molar-refractivity contribution in [2.45, 2.75) is 26.3 Å². The van der Waals surface area contributed by atoms with E-state index in [1.807, 2.05) is 49.1 Å². The van der Waals surface area contributed by atoms with Crippen molar-refractivity contribution in [3.8, 4) is 17.1 Å². The average Bonchev–Trinajstić information content (AvgIpc) is 3.33. The van der Waals surface area contributed by atoms with Crippen molar-refractivity contribution in [1.82, 2.24) is 20.4 Å². The van der Waals surface area contributed by atoms with Gasteiger partial charge in [-0.25, -0.2) is 4.39 Å². The molecule has 0 fully saturated rings. The van der Waals surface area contributed by atoms with Crippen molar-refractivity contribution in [3.63, 3.8) is 0 Å². The van der Waals surface area contributed by atoms with Crippen molar-refractivity contribution in [3.05, 3.63) is 71.5 Å². The Labute approximate surface area is 203 Å². The number of aromatic nitrogens is 2. The van der Waals surface area contributed by atoms with E-state index in [4.69, 9.17) is 26.2 Å². The summed E-state index contributed by atoms with van der Waals surface area (Å²) in [6, 6.07) is 13.4. The molecule has 4 rings (SSSR count). The summed E-state index contributed by atoms with van der Waals surface area (Å²) in [6.45, 7) is 5.89. The Morgan fingerprint density at radius 3 is 2.79 bits per heavy atom. The lowest BCUT2D eigenvalue weighted by atomic mass is 9.94. The molecule has 178 valence electrons. The Bertz CT molecular complexity index is 1200. The molecule has 1 aromatic heterocycles. The molecular formula is C25H27FN4O3S. The smallest absolute Gasteiger partial charge is 0.258 e. The lowest BCUT2D eigenvalue weighted by Crippen LogP contribution is -2.46. The molecule has 34 heavy (non-hydrogen) atoms. The molecule has 2 aromatic carbocycles. The van der Waals surface area contributed by atoms with Crippen LogP contribution in [0.2, 0.25) is 0 Å². The number of methoxy groups -OCH3 is 1. The maximum Gasteiger partial charge on any atom is 0.258 e. The topological polar surface area (TPSA) is 72.7 Å². The van der Waals surface area contributed by atoms with Gasteiger partial charge in [0, 0.05) is 31.0 Å². The average molecular weight is 483 g/mol. The summed E-state index contributed by atoms with van der Waals surface area (Å²) in [5, 5.41) is 8.10. The highest BCUT2D eigenvalue weighted by Crippen LogP contribution is 2.37. The highest BCUT2D eigenvalue weighted by Gasteiger charge is 2.34. The largest absolute Gasteiger partial charge is 0.497 e. The van der Waals surface area contributed by atoms with Crippen LogP contribution in [-0.4, -0.2) is 47.0 Å². The van der Waals surface area contributed by atoms with Gasteiger partial charge in [-0.3, -0.25) is 0 Å². The zero-order valence-electron chi connectivity index (χ0n) is 19.4. The number of nitrogens with one attached hydrogen (secondary N) is 1. The summed E-state index contributed by atoms with van der Waals surface area (Å²) in [6.07, 6.45) is 0.795. The van der Waals surface area contributed by atoms with Gasteiger partial charge in [0.1, 0.15) is 11.6 Å². The van der Waals surface area contributed by atoms with Crippen LogP contribution in [0.3, 0.4) is 0 Å². The number of ether oxygens (including phenoxy) is 2. The number of benzene rings is 2. The van der Waals surface area contributed by atoms with Crippen molar-refractivity contribution in [2.75, 3.05) is 26.9 Å². The van der Waals surface area contributed by atoms with E-state index in [0.29, 0.717) is 47.9 Å². The van der Waals surface area contributed by atoms with Crippen molar-refractivity contribution in [2.24, 2.45) is 0 Å². The fraction of sp³-hybridized carbons (Fsp3) is 0.320. The van der Waals surface area contributed by atoms with Gasteiger partial charge in [-0.2, -0.15) is 4.98 Å². The molecule has 0 saturated heterocycles. The van der Waals surface area contributed by atoms with Gasteiger partial charge in [0.25, 0.3) is 5.89 Å². The lowest BCUT2D eigenvalue weighted by molar-refractivity contribution is 0.141. The molecule has 0 saturated carbocycles. The number of rotatable bonds is 9. The molecular weight excluding hydrogens is 455 g/mol. The van der Waals surface area contributed by atoms with Gasteiger partial charge in [0.05, 0.1) is 18.7 Å². The highest BCUT2D eigenvalue weighted by molar-refractivity contribution is 7.80. The second-order valence-electron chi connectivity index (χ2n) is 7.79. The first kappa shape index (κ1) is 23.8. The Morgan fingerprint density at radius 1 is 1.21 bits per heavy atom. The summed E-state index contributed by atoms with van der Waals surface area (Å²) >= 11 is 5.67. The van der Waals surface area contributed by atoms with Crippen LogP contribution in [0.4, 0.5) is 4.39 Å². The minimum absolute atomic E-state index is 0.330. The van der Waals surface area contributed by atoms with E-state index in [2.05, 4.69) is 15.5 Å². The first-order valence-electron chi connectivity index (χ1n) is 11.1. The van der Waals surface area contributed by atoms with Crippen LogP contribution in [0, 0.1) is 5.82 Å². The predicted octanol–water partition coefficient (Wildman–Crippen LogP) is 4.97. The molecule has 7 nitrogen and oxygen atoms in total. The van der Waals surface area contributed by atoms with E-state index < -0.39 is 6.04 Å². The Morgan fingerprint density at radius 2 is 2.03 bits per heavy atom. The Hall–Kier alpha value is -3.30. The maximum atomic E-state index is 14.1.